The van der Waals surface area contributed by atoms with Gasteiger partial charge in [0, 0.05) is 29.1 Å². The molecule has 6 heteroatoms. The molecule has 1 aromatic heterocycles. The van der Waals surface area contributed by atoms with Crippen LogP contribution in [-0.2, 0) is 0 Å². The molecule has 2 N–H and O–H groups in total. The molecule has 2 aliphatic rings. The van der Waals surface area contributed by atoms with Gasteiger partial charge in [-0.2, -0.15) is 0 Å². The maximum Gasteiger partial charge on any atom is 0.261 e. The molecule has 2 bridgehead atoms. The molecule has 1 amide bonds. The Morgan fingerprint density at radius 1 is 1.30 bits per heavy atom. The molecular formula is C14H19ClN2O2S. The summed E-state index contributed by atoms with van der Waals surface area (Å²) in [6.07, 6.45) is 4.50. The van der Waals surface area contributed by atoms with E-state index in [1.165, 1.54) is 31.1 Å². The Morgan fingerprint density at radius 3 is 2.50 bits per heavy atom. The molecule has 2 unspecified atom stereocenters. The minimum atomic E-state index is -0.0381. The van der Waals surface area contributed by atoms with Crippen LogP contribution in [0, 0.1) is 0 Å². The lowest BCUT2D eigenvalue weighted by Gasteiger charge is -2.29. The third kappa shape index (κ3) is 3.22. The lowest BCUT2D eigenvalue weighted by molar-refractivity contribution is 0.0928. The number of amides is 1. The second-order valence-electron chi connectivity index (χ2n) is 5.54. The number of fused-ring (bicyclic) bond motifs is 2. The van der Waals surface area contributed by atoms with E-state index in [0.717, 1.165) is 12.8 Å². The summed E-state index contributed by atoms with van der Waals surface area (Å²) in [5.41, 5.74) is 0.625. The first-order valence-electron chi connectivity index (χ1n) is 6.78. The van der Waals surface area contributed by atoms with Crippen molar-refractivity contribution >= 4 is 35.4 Å². The first kappa shape index (κ1) is 15.5. The van der Waals surface area contributed by atoms with Crippen LogP contribution in [0.15, 0.2) is 11.4 Å². The molecule has 3 heterocycles. The number of carbonyl (C=O) groups is 2. The summed E-state index contributed by atoms with van der Waals surface area (Å²) in [6, 6.07) is 3.10. The molecule has 2 fully saturated rings. The average Bonchev–Trinajstić information content (AvgIpc) is 2.96. The summed E-state index contributed by atoms with van der Waals surface area (Å²) in [4.78, 5) is 24.0. The van der Waals surface area contributed by atoms with E-state index < -0.39 is 0 Å². The summed E-state index contributed by atoms with van der Waals surface area (Å²) in [7, 11) is 0. The molecule has 110 valence electrons. The van der Waals surface area contributed by atoms with Gasteiger partial charge in [-0.05, 0) is 38.7 Å². The van der Waals surface area contributed by atoms with E-state index in [0.29, 0.717) is 22.5 Å². The third-order valence-electron chi connectivity index (χ3n) is 4.04. The highest BCUT2D eigenvalue weighted by atomic mass is 35.5. The van der Waals surface area contributed by atoms with E-state index in [2.05, 4.69) is 10.6 Å². The van der Waals surface area contributed by atoms with E-state index in [-0.39, 0.29) is 30.1 Å². The van der Waals surface area contributed by atoms with Crippen molar-refractivity contribution in [2.75, 3.05) is 0 Å². The Balaban J connectivity index is 0.00000147. The Hall–Kier alpha value is -0.910. The number of halogens is 1. The SMILES string of the molecule is CC(=O)c1csc(C(=O)NC2CC3CCC(C2)N3)c1.Cl. The summed E-state index contributed by atoms with van der Waals surface area (Å²) < 4.78 is 0. The standard InChI is InChI=1S/C14H18N2O2S.ClH/c1-8(17)9-4-13(19-7-9)14(18)16-12-5-10-2-3-11(6-12)15-10;/h4,7,10-12,15H,2-3,5-6H2,1H3,(H,16,18);1H. The number of Topliss-reactive ketones (excluding diaryl/α,β-unsaturated/α-hetero) is 1. The van der Waals surface area contributed by atoms with Gasteiger partial charge < -0.3 is 10.6 Å². The Kier molecular flexibility index (Phi) is 4.83. The van der Waals surface area contributed by atoms with E-state index in [1.807, 2.05) is 0 Å². The Labute approximate surface area is 128 Å². The van der Waals surface area contributed by atoms with E-state index >= 15 is 0 Å². The zero-order valence-electron chi connectivity index (χ0n) is 11.3. The second kappa shape index (κ2) is 6.24. The van der Waals surface area contributed by atoms with Crippen LogP contribution in [0.4, 0.5) is 0 Å². The monoisotopic (exact) mass is 314 g/mol. The lowest BCUT2D eigenvalue weighted by atomic mass is 10.00. The van der Waals surface area contributed by atoms with Gasteiger partial charge in [0.2, 0.25) is 0 Å². The van der Waals surface area contributed by atoms with Crippen LogP contribution in [0.1, 0.15) is 52.6 Å². The van der Waals surface area contributed by atoms with Crippen molar-refractivity contribution in [2.24, 2.45) is 0 Å². The predicted molar refractivity (Wildman–Crippen MR) is 82.0 cm³/mol. The molecule has 2 aliphatic heterocycles. The highest BCUT2D eigenvalue weighted by Crippen LogP contribution is 2.27. The maximum atomic E-state index is 12.2. The fraction of sp³-hybridized carbons (Fsp3) is 0.571. The van der Waals surface area contributed by atoms with E-state index in [4.69, 9.17) is 0 Å². The summed E-state index contributed by atoms with van der Waals surface area (Å²) in [5, 5.41) is 8.42. The van der Waals surface area contributed by atoms with Crippen LogP contribution in [-0.4, -0.2) is 29.8 Å². The smallest absolute Gasteiger partial charge is 0.261 e. The normalized spacial score (nSPS) is 27.8. The third-order valence-corrected chi connectivity index (χ3v) is 4.97. The van der Waals surface area contributed by atoms with E-state index in [1.54, 1.807) is 11.4 Å². The van der Waals surface area contributed by atoms with Gasteiger partial charge in [0.1, 0.15) is 0 Å². The van der Waals surface area contributed by atoms with Crippen molar-refractivity contribution < 1.29 is 9.59 Å². The van der Waals surface area contributed by atoms with Gasteiger partial charge in [-0.25, -0.2) is 0 Å². The number of ketones is 1. The molecule has 20 heavy (non-hydrogen) atoms. The summed E-state index contributed by atoms with van der Waals surface area (Å²) in [6.45, 7) is 1.52. The van der Waals surface area contributed by atoms with Crippen LogP contribution in [0.2, 0.25) is 0 Å². The van der Waals surface area contributed by atoms with Crippen molar-refractivity contribution in [3.05, 3.63) is 21.9 Å². The minimum absolute atomic E-state index is 0. The molecule has 0 aliphatic carbocycles. The second-order valence-corrected chi connectivity index (χ2v) is 6.45. The first-order valence-corrected chi connectivity index (χ1v) is 7.66. The number of hydrogen-bond acceptors (Lipinski definition) is 4. The summed E-state index contributed by atoms with van der Waals surface area (Å²) >= 11 is 1.34. The Morgan fingerprint density at radius 2 is 1.95 bits per heavy atom. The van der Waals surface area contributed by atoms with Crippen molar-refractivity contribution in [3.63, 3.8) is 0 Å². The maximum absolute atomic E-state index is 12.2. The predicted octanol–water partition coefficient (Wildman–Crippen LogP) is 2.39. The number of thiophene rings is 1. The van der Waals surface area contributed by atoms with Crippen molar-refractivity contribution in [1.29, 1.82) is 0 Å². The van der Waals surface area contributed by atoms with Gasteiger partial charge >= 0.3 is 0 Å². The fourth-order valence-corrected chi connectivity index (χ4v) is 3.92. The lowest BCUT2D eigenvalue weighted by Crippen LogP contribution is -2.47. The van der Waals surface area contributed by atoms with Gasteiger partial charge in [0.15, 0.2) is 5.78 Å². The number of carbonyl (C=O) groups excluding carboxylic acids is 2. The Bertz CT molecular complexity index is 505. The van der Waals surface area contributed by atoms with Crippen LogP contribution >= 0.6 is 23.7 Å². The highest BCUT2D eigenvalue weighted by Gasteiger charge is 2.34. The molecule has 3 rings (SSSR count). The molecular weight excluding hydrogens is 296 g/mol. The minimum Gasteiger partial charge on any atom is -0.348 e. The van der Waals surface area contributed by atoms with Crippen LogP contribution in [0.3, 0.4) is 0 Å². The topological polar surface area (TPSA) is 58.2 Å². The van der Waals surface area contributed by atoms with Crippen LogP contribution in [0.25, 0.3) is 0 Å². The van der Waals surface area contributed by atoms with E-state index in [9.17, 15) is 9.59 Å². The summed E-state index contributed by atoms with van der Waals surface area (Å²) in [5.74, 6) is -0.0287. The zero-order valence-corrected chi connectivity index (χ0v) is 13.0. The van der Waals surface area contributed by atoms with Gasteiger partial charge in [0.25, 0.3) is 5.91 Å². The van der Waals surface area contributed by atoms with Gasteiger partial charge in [-0.1, -0.05) is 0 Å². The number of hydrogen-bond donors (Lipinski definition) is 2. The molecule has 2 saturated heterocycles. The van der Waals surface area contributed by atoms with Crippen molar-refractivity contribution in [2.45, 2.75) is 50.7 Å². The average molecular weight is 315 g/mol. The fourth-order valence-electron chi connectivity index (χ4n) is 3.07. The number of piperidine rings is 1. The molecule has 4 nitrogen and oxygen atoms in total. The van der Waals surface area contributed by atoms with Gasteiger partial charge in [-0.3, -0.25) is 9.59 Å². The number of rotatable bonds is 3. The van der Waals surface area contributed by atoms with Gasteiger partial charge in [0.05, 0.1) is 4.88 Å². The highest BCUT2D eigenvalue weighted by molar-refractivity contribution is 7.12. The molecule has 0 aromatic carbocycles. The van der Waals surface area contributed by atoms with Gasteiger partial charge in [-0.15, -0.1) is 23.7 Å². The first-order chi connectivity index (χ1) is 9.11. The van der Waals surface area contributed by atoms with Crippen molar-refractivity contribution in [3.8, 4) is 0 Å². The molecule has 0 spiro atoms. The number of nitrogens with one attached hydrogen (secondary N) is 2. The molecule has 0 saturated carbocycles. The molecule has 2 atom stereocenters. The van der Waals surface area contributed by atoms with Crippen molar-refractivity contribution in [1.82, 2.24) is 10.6 Å². The van der Waals surface area contributed by atoms with Crippen LogP contribution < -0.4 is 10.6 Å². The van der Waals surface area contributed by atoms with Crippen LogP contribution in [0.5, 0.6) is 0 Å². The largest absolute Gasteiger partial charge is 0.348 e. The molecule has 0 radical (unpaired) electrons. The quantitative estimate of drug-likeness (QED) is 0.842. The molecule has 1 aromatic rings. The zero-order chi connectivity index (χ0) is 13.4.